The second-order valence-corrected chi connectivity index (χ2v) is 6.02. The minimum absolute atomic E-state index is 0.00643. The zero-order valence-electron chi connectivity index (χ0n) is 14.2. The number of hydrogen-bond donors (Lipinski definition) is 2. The Kier molecular flexibility index (Phi) is 3.53. The highest BCUT2D eigenvalue weighted by Gasteiger charge is 2.36. The van der Waals surface area contributed by atoms with Gasteiger partial charge in [0.2, 0.25) is 0 Å². The summed E-state index contributed by atoms with van der Waals surface area (Å²) < 4.78 is 7.21. The van der Waals surface area contributed by atoms with Gasteiger partial charge in [0.05, 0.1) is 17.9 Å². The number of nitrogens with zero attached hydrogens (tertiary/aromatic N) is 3. The molecule has 0 amide bonds. The van der Waals surface area contributed by atoms with Gasteiger partial charge in [0.15, 0.2) is 11.5 Å². The standard InChI is InChI=1S/C19H14N4O4/c1-27-14-8-4-7-12(16(14)24)15-13(9-20)17(21)23-19(26)11-6-3-2-5-10(11)18(25)22(15)23/h2-8,15,24H,21H2,1H3. The van der Waals surface area contributed by atoms with E-state index in [2.05, 4.69) is 0 Å². The molecule has 2 heterocycles. The maximum absolute atomic E-state index is 13.1. The van der Waals surface area contributed by atoms with Crippen LogP contribution < -0.4 is 21.6 Å². The van der Waals surface area contributed by atoms with Crippen LogP contribution in [-0.4, -0.2) is 21.6 Å². The van der Waals surface area contributed by atoms with Gasteiger partial charge in [0, 0.05) is 5.56 Å². The molecule has 0 fully saturated rings. The fraction of sp³-hybridized carbons (Fsp3) is 0.105. The number of benzene rings is 2. The van der Waals surface area contributed by atoms with Gasteiger partial charge >= 0.3 is 0 Å². The van der Waals surface area contributed by atoms with E-state index >= 15 is 0 Å². The second kappa shape index (κ2) is 5.78. The van der Waals surface area contributed by atoms with Gasteiger partial charge in [0.25, 0.3) is 11.1 Å². The average molecular weight is 362 g/mol. The van der Waals surface area contributed by atoms with Crippen LogP contribution in [0.3, 0.4) is 0 Å². The number of para-hydroxylation sites is 1. The van der Waals surface area contributed by atoms with Gasteiger partial charge in [-0.3, -0.25) is 9.59 Å². The topological polar surface area (TPSA) is 123 Å². The Labute approximate surface area is 152 Å². The van der Waals surface area contributed by atoms with Crippen LogP contribution >= 0.6 is 0 Å². The predicted molar refractivity (Wildman–Crippen MR) is 98.3 cm³/mol. The lowest BCUT2D eigenvalue weighted by Gasteiger charge is -2.18. The average Bonchev–Trinajstić information content (AvgIpc) is 2.98. The monoisotopic (exact) mass is 362 g/mol. The van der Waals surface area contributed by atoms with Gasteiger partial charge in [-0.2, -0.15) is 9.94 Å². The van der Waals surface area contributed by atoms with E-state index in [1.807, 2.05) is 6.07 Å². The molecule has 1 aliphatic rings. The number of ether oxygens (including phenoxy) is 1. The zero-order chi connectivity index (χ0) is 19.3. The molecule has 3 aromatic rings. The highest BCUT2D eigenvalue weighted by atomic mass is 16.5. The summed E-state index contributed by atoms with van der Waals surface area (Å²) in [5.74, 6) is -0.193. The van der Waals surface area contributed by atoms with Crippen molar-refractivity contribution in [2.75, 3.05) is 7.11 Å². The Morgan fingerprint density at radius 2 is 1.78 bits per heavy atom. The number of methoxy groups -OCH3 is 1. The molecule has 1 unspecified atom stereocenters. The first kappa shape index (κ1) is 16.5. The summed E-state index contributed by atoms with van der Waals surface area (Å²) in [7, 11) is 1.39. The number of allylic oxidation sites excluding steroid dienone is 1. The lowest BCUT2D eigenvalue weighted by molar-refractivity contribution is 0.367. The van der Waals surface area contributed by atoms with Crippen LogP contribution in [0.25, 0.3) is 16.6 Å². The first-order valence-corrected chi connectivity index (χ1v) is 8.03. The Balaban J connectivity index is 2.16. The van der Waals surface area contributed by atoms with E-state index in [9.17, 15) is 20.0 Å². The summed E-state index contributed by atoms with van der Waals surface area (Å²) in [5.41, 5.74) is 5.28. The van der Waals surface area contributed by atoms with Crippen LogP contribution in [-0.2, 0) is 0 Å². The van der Waals surface area contributed by atoms with Gasteiger partial charge in [-0.1, -0.05) is 24.3 Å². The van der Waals surface area contributed by atoms with Crippen LogP contribution in [0.15, 0.2) is 57.6 Å². The number of aromatic hydroxyl groups is 1. The van der Waals surface area contributed by atoms with E-state index in [1.54, 1.807) is 30.3 Å². The van der Waals surface area contributed by atoms with Crippen molar-refractivity contribution in [3.8, 4) is 17.6 Å². The van der Waals surface area contributed by atoms with E-state index in [-0.39, 0.29) is 39.2 Å². The van der Waals surface area contributed by atoms with Crippen molar-refractivity contribution in [3.05, 3.63) is 74.3 Å². The molecule has 8 nitrogen and oxygen atoms in total. The lowest BCUT2D eigenvalue weighted by Crippen LogP contribution is -2.38. The maximum atomic E-state index is 13.1. The smallest absolute Gasteiger partial charge is 0.279 e. The number of hydrogen-bond acceptors (Lipinski definition) is 6. The molecular formula is C19H14N4O4. The molecular weight excluding hydrogens is 348 g/mol. The molecule has 0 spiro atoms. The van der Waals surface area contributed by atoms with E-state index in [0.29, 0.717) is 0 Å². The van der Waals surface area contributed by atoms with Crippen molar-refractivity contribution in [3.63, 3.8) is 0 Å². The van der Waals surface area contributed by atoms with Crippen molar-refractivity contribution >= 4 is 16.6 Å². The largest absolute Gasteiger partial charge is 0.504 e. The molecule has 8 heteroatoms. The summed E-state index contributed by atoms with van der Waals surface area (Å²) in [6, 6.07) is 12.0. The van der Waals surface area contributed by atoms with Crippen molar-refractivity contribution in [1.29, 1.82) is 5.26 Å². The summed E-state index contributed by atoms with van der Waals surface area (Å²) in [5, 5.41) is 20.6. The molecule has 3 N–H and O–H groups in total. The van der Waals surface area contributed by atoms with Crippen molar-refractivity contribution < 1.29 is 9.84 Å². The van der Waals surface area contributed by atoms with Crippen LogP contribution in [0.4, 0.5) is 0 Å². The van der Waals surface area contributed by atoms with Gasteiger partial charge in [0.1, 0.15) is 23.5 Å². The minimum Gasteiger partial charge on any atom is -0.504 e. The van der Waals surface area contributed by atoms with E-state index in [0.717, 1.165) is 9.36 Å². The van der Waals surface area contributed by atoms with Gasteiger partial charge in [-0.05, 0) is 18.2 Å². The number of fused-ring (bicyclic) bond motifs is 2. The summed E-state index contributed by atoms with van der Waals surface area (Å²) in [6.45, 7) is 0. The molecule has 0 aliphatic carbocycles. The molecule has 0 bridgehead atoms. The Morgan fingerprint density at radius 3 is 2.41 bits per heavy atom. The Hall–Kier alpha value is -3.99. The van der Waals surface area contributed by atoms with Crippen molar-refractivity contribution in [2.24, 2.45) is 5.73 Å². The quantitative estimate of drug-likeness (QED) is 0.704. The third-order valence-corrected chi connectivity index (χ3v) is 4.69. The summed E-state index contributed by atoms with van der Waals surface area (Å²) in [6.07, 6.45) is 0. The molecule has 27 heavy (non-hydrogen) atoms. The second-order valence-electron chi connectivity index (χ2n) is 6.02. The number of aromatic nitrogens is 2. The van der Waals surface area contributed by atoms with E-state index < -0.39 is 17.2 Å². The molecule has 2 aromatic carbocycles. The number of nitrogens with two attached hydrogens (primary N) is 1. The Morgan fingerprint density at radius 1 is 1.11 bits per heavy atom. The maximum Gasteiger partial charge on any atom is 0.279 e. The van der Waals surface area contributed by atoms with Crippen LogP contribution in [0.5, 0.6) is 11.5 Å². The first-order chi connectivity index (χ1) is 13.0. The fourth-order valence-electron chi connectivity index (χ4n) is 3.45. The summed E-state index contributed by atoms with van der Waals surface area (Å²) in [4.78, 5) is 26.0. The minimum atomic E-state index is -1.05. The van der Waals surface area contributed by atoms with Gasteiger partial charge in [-0.15, -0.1) is 0 Å². The molecule has 4 rings (SSSR count). The number of nitriles is 1. The number of phenols is 1. The molecule has 0 radical (unpaired) electrons. The molecule has 134 valence electrons. The van der Waals surface area contributed by atoms with Gasteiger partial charge in [-0.25, -0.2) is 4.68 Å². The van der Waals surface area contributed by atoms with Crippen LogP contribution in [0, 0.1) is 11.3 Å². The number of phenolic OH excluding ortho intramolecular Hbond substituents is 1. The molecule has 0 saturated heterocycles. The van der Waals surface area contributed by atoms with Crippen LogP contribution in [0.2, 0.25) is 0 Å². The van der Waals surface area contributed by atoms with Crippen LogP contribution in [0.1, 0.15) is 11.6 Å². The highest BCUT2D eigenvalue weighted by Crippen LogP contribution is 2.40. The van der Waals surface area contributed by atoms with E-state index in [1.165, 1.54) is 19.2 Å². The molecule has 0 saturated carbocycles. The first-order valence-electron chi connectivity index (χ1n) is 8.03. The normalized spacial score (nSPS) is 15.6. The van der Waals surface area contributed by atoms with Gasteiger partial charge < -0.3 is 15.6 Å². The number of rotatable bonds is 2. The Bertz CT molecular complexity index is 1290. The van der Waals surface area contributed by atoms with Crippen molar-refractivity contribution in [1.82, 2.24) is 9.36 Å². The SMILES string of the molecule is COc1cccc(C2C(C#N)=C(N)n3c(=O)c4ccccc4c(=O)n32)c1O. The third-order valence-electron chi connectivity index (χ3n) is 4.69. The summed E-state index contributed by atoms with van der Waals surface area (Å²) >= 11 is 0. The molecule has 1 aliphatic heterocycles. The van der Waals surface area contributed by atoms with E-state index in [4.69, 9.17) is 10.5 Å². The zero-order valence-corrected chi connectivity index (χ0v) is 14.2. The molecule has 1 atom stereocenters. The lowest BCUT2D eigenvalue weighted by atomic mass is 9.99. The van der Waals surface area contributed by atoms with Crippen molar-refractivity contribution in [2.45, 2.75) is 6.04 Å². The fourth-order valence-corrected chi connectivity index (χ4v) is 3.45. The predicted octanol–water partition coefficient (Wildman–Crippen LogP) is 1.13. The highest BCUT2D eigenvalue weighted by molar-refractivity contribution is 5.82. The third kappa shape index (κ3) is 2.09. The molecule has 1 aromatic heterocycles.